The summed E-state index contributed by atoms with van der Waals surface area (Å²) in [7, 11) is 0. The number of hydrogen-bond acceptors (Lipinski definition) is 3. The second-order valence-corrected chi connectivity index (χ2v) is 6.20. The molecule has 0 fully saturated rings. The lowest BCUT2D eigenvalue weighted by atomic mass is 9.86. The van der Waals surface area contributed by atoms with Crippen LogP contribution in [0.3, 0.4) is 0 Å². The first-order valence-electron chi connectivity index (χ1n) is 6.66. The van der Waals surface area contributed by atoms with Gasteiger partial charge in [-0.25, -0.2) is 4.79 Å². The summed E-state index contributed by atoms with van der Waals surface area (Å²) in [5.41, 5.74) is 1.48. The molecule has 1 amide bonds. The Kier molecular flexibility index (Phi) is 3.70. The van der Waals surface area contributed by atoms with Crippen molar-refractivity contribution in [3.8, 4) is 0 Å². The summed E-state index contributed by atoms with van der Waals surface area (Å²) in [6, 6.07) is 6.41. The third-order valence-corrected chi connectivity index (χ3v) is 3.49. The van der Waals surface area contributed by atoms with E-state index in [4.69, 9.17) is 0 Å². The third-order valence-electron chi connectivity index (χ3n) is 3.49. The SMILES string of the molecule is CC(C)(C)C(NC(=O)[C@@H]1Cc2ccccc2N1)C(=O)O. The molecule has 0 spiro atoms. The van der Waals surface area contributed by atoms with Crippen LogP contribution >= 0.6 is 0 Å². The standard InChI is InChI=1S/C15H20N2O3/c1-15(2,3)12(14(19)20)17-13(18)11-8-9-6-4-5-7-10(9)16-11/h4-7,11-12,16H,8H2,1-3H3,(H,17,18)(H,19,20)/t11-,12?/m0/s1. The van der Waals surface area contributed by atoms with Crippen molar-refractivity contribution in [2.24, 2.45) is 5.41 Å². The van der Waals surface area contributed by atoms with Crippen LogP contribution in [0, 0.1) is 5.41 Å². The van der Waals surface area contributed by atoms with Crippen LogP contribution in [0.25, 0.3) is 0 Å². The summed E-state index contributed by atoms with van der Waals surface area (Å²) < 4.78 is 0. The fourth-order valence-electron chi connectivity index (χ4n) is 2.35. The molecule has 1 aliphatic rings. The van der Waals surface area contributed by atoms with E-state index in [0.29, 0.717) is 6.42 Å². The van der Waals surface area contributed by atoms with E-state index in [0.717, 1.165) is 11.3 Å². The van der Waals surface area contributed by atoms with Gasteiger partial charge in [0.2, 0.25) is 5.91 Å². The van der Waals surface area contributed by atoms with E-state index in [9.17, 15) is 14.7 Å². The number of aliphatic carboxylic acids is 1. The number of para-hydroxylation sites is 1. The van der Waals surface area contributed by atoms with Crippen molar-refractivity contribution >= 4 is 17.6 Å². The first-order valence-corrected chi connectivity index (χ1v) is 6.66. The molecule has 5 heteroatoms. The zero-order chi connectivity index (χ0) is 14.9. The third kappa shape index (κ3) is 2.92. The van der Waals surface area contributed by atoms with Crippen LogP contribution in [-0.4, -0.2) is 29.1 Å². The number of carboxylic acids is 1. The summed E-state index contributed by atoms with van der Waals surface area (Å²) in [6.07, 6.45) is 0.582. The van der Waals surface area contributed by atoms with E-state index in [1.54, 1.807) is 20.8 Å². The molecule has 1 aromatic carbocycles. The number of carbonyl (C=O) groups is 2. The van der Waals surface area contributed by atoms with Gasteiger partial charge in [0.1, 0.15) is 12.1 Å². The number of fused-ring (bicyclic) bond motifs is 1. The summed E-state index contributed by atoms with van der Waals surface area (Å²) in [6.45, 7) is 5.38. The highest BCUT2D eigenvalue weighted by molar-refractivity contribution is 5.91. The van der Waals surface area contributed by atoms with Crippen LogP contribution < -0.4 is 10.6 Å². The molecule has 20 heavy (non-hydrogen) atoms. The highest BCUT2D eigenvalue weighted by atomic mass is 16.4. The van der Waals surface area contributed by atoms with Crippen LogP contribution in [0.2, 0.25) is 0 Å². The number of rotatable bonds is 3. The van der Waals surface area contributed by atoms with Gasteiger partial charge in [-0.05, 0) is 17.0 Å². The maximum atomic E-state index is 12.2. The van der Waals surface area contributed by atoms with Crippen molar-refractivity contribution in [2.75, 3.05) is 5.32 Å². The number of anilines is 1. The fraction of sp³-hybridized carbons (Fsp3) is 0.467. The highest BCUT2D eigenvalue weighted by Crippen LogP contribution is 2.26. The number of hydrogen-bond donors (Lipinski definition) is 3. The Bertz CT molecular complexity index is 509. The Balaban J connectivity index is 2.05. The smallest absolute Gasteiger partial charge is 0.326 e. The van der Waals surface area contributed by atoms with Crippen molar-refractivity contribution in [3.05, 3.63) is 29.8 Å². The second-order valence-electron chi connectivity index (χ2n) is 6.20. The molecule has 0 aromatic heterocycles. The molecule has 3 N–H and O–H groups in total. The van der Waals surface area contributed by atoms with Crippen LogP contribution in [-0.2, 0) is 16.0 Å². The zero-order valence-corrected chi connectivity index (χ0v) is 11.9. The quantitative estimate of drug-likeness (QED) is 0.784. The number of benzene rings is 1. The average molecular weight is 276 g/mol. The molecule has 1 aromatic rings. The molecule has 1 unspecified atom stereocenters. The molecule has 1 heterocycles. The van der Waals surface area contributed by atoms with Gasteiger partial charge in [0, 0.05) is 12.1 Å². The lowest BCUT2D eigenvalue weighted by Crippen LogP contribution is -2.53. The van der Waals surface area contributed by atoms with E-state index in [1.165, 1.54) is 0 Å². The second kappa shape index (κ2) is 5.15. The van der Waals surface area contributed by atoms with Crippen LogP contribution in [0.1, 0.15) is 26.3 Å². The van der Waals surface area contributed by atoms with E-state index in [-0.39, 0.29) is 5.91 Å². The van der Waals surface area contributed by atoms with Gasteiger partial charge in [-0.2, -0.15) is 0 Å². The number of nitrogens with one attached hydrogen (secondary N) is 2. The van der Waals surface area contributed by atoms with Gasteiger partial charge in [-0.1, -0.05) is 39.0 Å². The molecule has 2 atom stereocenters. The van der Waals surface area contributed by atoms with Gasteiger partial charge < -0.3 is 15.7 Å². The Morgan fingerprint density at radius 2 is 2.00 bits per heavy atom. The molecule has 0 bridgehead atoms. The van der Waals surface area contributed by atoms with Crippen LogP contribution in [0.4, 0.5) is 5.69 Å². The van der Waals surface area contributed by atoms with E-state index >= 15 is 0 Å². The number of amides is 1. The van der Waals surface area contributed by atoms with Crippen molar-refractivity contribution in [3.63, 3.8) is 0 Å². The average Bonchev–Trinajstić information content (AvgIpc) is 2.77. The van der Waals surface area contributed by atoms with Crippen LogP contribution in [0.15, 0.2) is 24.3 Å². The Hall–Kier alpha value is -2.04. The highest BCUT2D eigenvalue weighted by Gasteiger charge is 2.35. The van der Waals surface area contributed by atoms with Crippen molar-refractivity contribution in [1.82, 2.24) is 5.32 Å². The maximum Gasteiger partial charge on any atom is 0.326 e. The number of carboxylic acid groups (broad SMARTS) is 1. The molecule has 0 saturated carbocycles. The minimum Gasteiger partial charge on any atom is -0.480 e. The van der Waals surface area contributed by atoms with E-state index in [2.05, 4.69) is 10.6 Å². The molecule has 0 aliphatic carbocycles. The molecule has 1 aliphatic heterocycles. The topological polar surface area (TPSA) is 78.4 Å². The Labute approximate surface area is 118 Å². The van der Waals surface area contributed by atoms with Crippen molar-refractivity contribution in [1.29, 1.82) is 0 Å². The molecular formula is C15H20N2O3. The van der Waals surface area contributed by atoms with Gasteiger partial charge >= 0.3 is 5.97 Å². The fourth-order valence-corrected chi connectivity index (χ4v) is 2.35. The van der Waals surface area contributed by atoms with Gasteiger partial charge in [-0.15, -0.1) is 0 Å². The minimum atomic E-state index is -1.01. The first-order chi connectivity index (χ1) is 9.29. The largest absolute Gasteiger partial charge is 0.480 e. The summed E-state index contributed by atoms with van der Waals surface area (Å²) in [5.74, 6) is -1.29. The molecule has 108 valence electrons. The van der Waals surface area contributed by atoms with Gasteiger partial charge in [-0.3, -0.25) is 4.79 Å². The monoisotopic (exact) mass is 276 g/mol. The Morgan fingerprint density at radius 3 is 2.55 bits per heavy atom. The number of carbonyl (C=O) groups excluding carboxylic acids is 1. The predicted molar refractivity (Wildman–Crippen MR) is 76.6 cm³/mol. The molecular weight excluding hydrogens is 256 g/mol. The van der Waals surface area contributed by atoms with E-state index in [1.807, 2.05) is 24.3 Å². The summed E-state index contributed by atoms with van der Waals surface area (Å²) in [5, 5.41) is 15.0. The van der Waals surface area contributed by atoms with E-state index < -0.39 is 23.5 Å². The van der Waals surface area contributed by atoms with Gasteiger partial charge in [0.15, 0.2) is 0 Å². The summed E-state index contributed by atoms with van der Waals surface area (Å²) >= 11 is 0. The predicted octanol–water partition coefficient (Wildman–Crippen LogP) is 1.64. The molecule has 5 nitrogen and oxygen atoms in total. The van der Waals surface area contributed by atoms with Gasteiger partial charge in [0.25, 0.3) is 0 Å². The molecule has 0 radical (unpaired) electrons. The maximum absolute atomic E-state index is 12.2. The normalized spacial score (nSPS) is 18.9. The summed E-state index contributed by atoms with van der Waals surface area (Å²) in [4.78, 5) is 23.5. The molecule has 0 saturated heterocycles. The van der Waals surface area contributed by atoms with Crippen molar-refractivity contribution in [2.45, 2.75) is 39.3 Å². The molecule has 2 rings (SSSR count). The lowest BCUT2D eigenvalue weighted by molar-refractivity contribution is -0.145. The lowest BCUT2D eigenvalue weighted by Gasteiger charge is -2.28. The zero-order valence-electron chi connectivity index (χ0n) is 11.9. The minimum absolute atomic E-state index is 0.275. The van der Waals surface area contributed by atoms with Crippen LogP contribution in [0.5, 0.6) is 0 Å². The Morgan fingerprint density at radius 1 is 1.35 bits per heavy atom. The van der Waals surface area contributed by atoms with Crippen molar-refractivity contribution < 1.29 is 14.7 Å². The first kappa shape index (κ1) is 14.4. The van der Waals surface area contributed by atoms with Gasteiger partial charge in [0.05, 0.1) is 0 Å².